The van der Waals surface area contributed by atoms with Crippen LogP contribution in [0.1, 0.15) is 5.56 Å². The third-order valence-electron chi connectivity index (χ3n) is 3.77. The molecule has 112 valence electrons. The van der Waals surface area contributed by atoms with Gasteiger partial charge in [-0.1, -0.05) is 45.8 Å². The Morgan fingerprint density at radius 2 is 1.61 bits per heavy atom. The molecule has 0 N–H and O–H groups in total. The summed E-state index contributed by atoms with van der Waals surface area (Å²) < 4.78 is 3.07. The number of rotatable bonds is 2. The van der Waals surface area contributed by atoms with E-state index in [9.17, 15) is 0 Å². The Kier molecular flexibility index (Phi) is 3.42. The zero-order chi connectivity index (χ0) is 15.8. The first kappa shape index (κ1) is 14.1. The number of imidazole rings is 1. The van der Waals surface area contributed by atoms with Gasteiger partial charge in [-0.3, -0.25) is 4.57 Å². The Labute approximate surface area is 142 Å². The summed E-state index contributed by atoms with van der Waals surface area (Å²) in [6.45, 7) is 2.08. The molecule has 0 saturated carbocycles. The van der Waals surface area contributed by atoms with Crippen molar-refractivity contribution in [2.24, 2.45) is 0 Å². The first-order valence-corrected chi connectivity index (χ1v) is 8.03. The highest BCUT2D eigenvalue weighted by atomic mass is 79.9. The molecule has 0 saturated heterocycles. The maximum absolute atomic E-state index is 4.50. The number of benzene rings is 2. The van der Waals surface area contributed by atoms with Crippen LogP contribution < -0.4 is 0 Å². The van der Waals surface area contributed by atoms with Gasteiger partial charge in [0.05, 0.1) is 0 Å². The second-order valence-corrected chi connectivity index (χ2v) is 6.27. The molecule has 0 bridgehead atoms. The minimum Gasteiger partial charge on any atom is -0.295 e. The largest absolute Gasteiger partial charge is 0.295 e. The Hall–Kier alpha value is -2.53. The van der Waals surface area contributed by atoms with E-state index < -0.39 is 0 Å². The molecule has 2 heterocycles. The normalized spacial score (nSPS) is 11.0. The molecule has 5 heteroatoms. The summed E-state index contributed by atoms with van der Waals surface area (Å²) in [6.07, 6.45) is 3.36. The van der Waals surface area contributed by atoms with Crippen LogP contribution in [-0.4, -0.2) is 19.5 Å². The molecule has 0 radical (unpaired) electrons. The number of fused-ring (bicyclic) bond motifs is 1. The molecule has 0 unspecified atom stereocenters. The van der Waals surface area contributed by atoms with Crippen molar-refractivity contribution >= 4 is 27.1 Å². The average molecular weight is 365 g/mol. The van der Waals surface area contributed by atoms with Crippen molar-refractivity contribution < 1.29 is 0 Å². The predicted molar refractivity (Wildman–Crippen MR) is 94.5 cm³/mol. The summed E-state index contributed by atoms with van der Waals surface area (Å²) in [7, 11) is 0. The Balaban J connectivity index is 1.97. The van der Waals surface area contributed by atoms with Crippen LogP contribution in [-0.2, 0) is 0 Å². The minimum absolute atomic E-state index is 0.693. The van der Waals surface area contributed by atoms with Gasteiger partial charge in [0.25, 0.3) is 0 Å². The van der Waals surface area contributed by atoms with E-state index in [0.29, 0.717) is 5.65 Å². The topological polar surface area (TPSA) is 43.6 Å². The van der Waals surface area contributed by atoms with Crippen molar-refractivity contribution in [3.8, 4) is 16.9 Å². The highest BCUT2D eigenvalue weighted by Crippen LogP contribution is 2.28. The van der Waals surface area contributed by atoms with E-state index in [1.54, 1.807) is 12.7 Å². The highest BCUT2D eigenvalue weighted by molar-refractivity contribution is 9.10. The SMILES string of the molecule is Cc1ccc(-n2cnc3ncnc(-c4ccc(Br)cc4)c32)cc1. The number of hydrogen-bond acceptors (Lipinski definition) is 3. The predicted octanol–water partition coefficient (Wildman–Crippen LogP) is 4.55. The van der Waals surface area contributed by atoms with Gasteiger partial charge in [-0.05, 0) is 31.2 Å². The van der Waals surface area contributed by atoms with Crippen molar-refractivity contribution in [1.29, 1.82) is 0 Å². The molecular weight excluding hydrogens is 352 g/mol. The lowest BCUT2D eigenvalue weighted by Gasteiger charge is -2.08. The summed E-state index contributed by atoms with van der Waals surface area (Å²) in [5.41, 5.74) is 5.79. The fourth-order valence-corrected chi connectivity index (χ4v) is 2.84. The van der Waals surface area contributed by atoms with E-state index >= 15 is 0 Å². The smallest absolute Gasteiger partial charge is 0.181 e. The molecule has 0 spiro atoms. The van der Waals surface area contributed by atoms with Gasteiger partial charge in [0, 0.05) is 15.7 Å². The fraction of sp³-hybridized carbons (Fsp3) is 0.0556. The summed E-state index contributed by atoms with van der Waals surface area (Å²) in [6, 6.07) is 16.4. The molecule has 2 aromatic carbocycles. The van der Waals surface area contributed by atoms with Crippen LogP contribution >= 0.6 is 15.9 Å². The van der Waals surface area contributed by atoms with Gasteiger partial charge in [-0.25, -0.2) is 15.0 Å². The Bertz CT molecular complexity index is 972. The van der Waals surface area contributed by atoms with Crippen LogP contribution in [0.15, 0.2) is 65.7 Å². The minimum atomic E-state index is 0.693. The van der Waals surface area contributed by atoms with E-state index in [2.05, 4.69) is 62.1 Å². The molecule has 23 heavy (non-hydrogen) atoms. The maximum Gasteiger partial charge on any atom is 0.181 e. The first-order chi connectivity index (χ1) is 11.2. The van der Waals surface area contributed by atoms with Crippen LogP contribution in [0.3, 0.4) is 0 Å². The van der Waals surface area contributed by atoms with Crippen molar-refractivity contribution in [3.05, 3.63) is 71.2 Å². The van der Waals surface area contributed by atoms with E-state index in [1.165, 1.54) is 5.56 Å². The van der Waals surface area contributed by atoms with Gasteiger partial charge in [0.2, 0.25) is 0 Å². The van der Waals surface area contributed by atoms with Crippen LogP contribution in [0.4, 0.5) is 0 Å². The summed E-state index contributed by atoms with van der Waals surface area (Å²) >= 11 is 3.47. The monoisotopic (exact) mass is 364 g/mol. The van der Waals surface area contributed by atoms with E-state index in [-0.39, 0.29) is 0 Å². The highest BCUT2D eigenvalue weighted by Gasteiger charge is 2.13. The molecule has 0 amide bonds. The van der Waals surface area contributed by atoms with E-state index in [4.69, 9.17) is 0 Å². The van der Waals surface area contributed by atoms with Gasteiger partial charge in [0.15, 0.2) is 5.65 Å². The molecule has 4 nitrogen and oxygen atoms in total. The number of aromatic nitrogens is 4. The molecule has 0 aliphatic heterocycles. The zero-order valence-corrected chi connectivity index (χ0v) is 14.0. The van der Waals surface area contributed by atoms with Gasteiger partial charge >= 0.3 is 0 Å². The third-order valence-corrected chi connectivity index (χ3v) is 4.30. The number of aryl methyl sites for hydroxylation is 1. The quantitative estimate of drug-likeness (QED) is 0.523. The molecule has 4 aromatic rings. The van der Waals surface area contributed by atoms with Crippen LogP contribution in [0, 0.1) is 6.92 Å². The number of halogens is 1. The summed E-state index contributed by atoms with van der Waals surface area (Å²) in [4.78, 5) is 13.2. The lowest BCUT2D eigenvalue weighted by atomic mass is 10.1. The van der Waals surface area contributed by atoms with Crippen molar-refractivity contribution in [2.75, 3.05) is 0 Å². The summed E-state index contributed by atoms with van der Waals surface area (Å²) in [5, 5.41) is 0. The second-order valence-electron chi connectivity index (χ2n) is 5.35. The standard InChI is InChI=1S/C18H13BrN4/c1-12-2-8-15(9-3-12)23-11-22-18-17(23)16(20-10-21-18)13-4-6-14(19)7-5-13/h2-11H,1H3. The van der Waals surface area contributed by atoms with E-state index in [1.807, 2.05) is 28.8 Å². The van der Waals surface area contributed by atoms with Crippen molar-refractivity contribution in [3.63, 3.8) is 0 Å². The van der Waals surface area contributed by atoms with Crippen molar-refractivity contribution in [2.45, 2.75) is 6.92 Å². The molecular formula is C18H13BrN4. The molecule has 4 rings (SSSR count). The molecule has 0 fully saturated rings. The van der Waals surface area contributed by atoms with Crippen molar-refractivity contribution in [1.82, 2.24) is 19.5 Å². The van der Waals surface area contributed by atoms with Crippen LogP contribution in [0.5, 0.6) is 0 Å². The van der Waals surface area contributed by atoms with Gasteiger partial charge in [-0.15, -0.1) is 0 Å². The zero-order valence-electron chi connectivity index (χ0n) is 12.4. The second kappa shape index (κ2) is 5.59. The van der Waals surface area contributed by atoms with Gasteiger partial charge < -0.3 is 0 Å². The third kappa shape index (κ3) is 2.53. The van der Waals surface area contributed by atoms with Crippen LogP contribution in [0.2, 0.25) is 0 Å². The Morgan fingerprint density at radius 1 is 0.870 bits per heavy atom. The average Bonchev–Trinajstić information content (AvgIpc) is 3.00. The van der Waals surface area contributed by atoms with E-state index in [0.717, 1.165) is 26.9 Å². The molecule has 0 aliphatic carbocycles. The maximum atomic E-state index is 4.50. The molecule has 0 aliphatic rings. The molecule has 0 atom stereocenters. The lowest BCUT2D eigenvalue weighted by molar-refractivity contribution is 1.09. The lowest BCUT2D eigenvalue weighted by Crippen LogP contribution is -1.96. The fourth-order valence-electron chi connectivity index (χ4n) is 2.58. The summed E-state index contributed by atoms with van der Waals surface area (Å²) in [5.74, 6) is 0. The van der Waals surface area contributed by atoms with Gasteiger partial charge in [-0.2, -0.15) is 0 Å². The number of nitrogens with zero attached hydrogens (tertiary/aromatic N) is 4. The molecule has 2 aromatic heterocycles. The Morgan fingerprint density at radius 3 is 2.35 bits per heavy atom. The number of hydrogen-bond donors (Lipinski definition) is 0. The van der Waals surface area contributed by atoms with Crippen LogP contribution in [0.25, 0.3) is 28.1 Å². The first-order valence-electron chi connectivity index (χ1n) is 7.23. The van der Waals surface area contributed by atoms with Gasteiger partial charge in [0.1, 0.15) is 23.9 Å².